The van der Waals surface area contributed by atoms with Crippen molar-refractivity contribution in [2.24, 2.45) is 12.0 Å². The van der Waals surface area contributed by atoms with Crippen LogP contribution in [0, 0.1) is 25.7 Å². The Labute approximate surface area is 169 Å². The molecule has 156 valence electrons. The third-order valence-corrected chi connectivity index (χ3v) is 4.54. The maximum absolute atomic E-state index is 12.7. The summed E-state index contributed by atoms with van der Waals surface area (Å²) < 4.78 is 40.1. The zero-order valence-corrected chi connectivity index (χ0v) is 17.3. The van der Waals surface area contributed by atoms with Gasteiger partial charge in [-0.25, -0.2) is 0 Å². The molecule has 1 aromatic heterocycles. The van der Waals surface area contributed by atoms with E-state index < -0.39 is 11.7 Å². The van der Waals surface area contributed by atoms with Gasteiger partial charge in [-0.2, -0.15) is 18.3 Å². The molecule has 1 atom stereocenters. The third kappa shape index (κ3) is 6.28. The van der Waals surface area contributed by atoms with Gasteiger partial charge in [-0.1, -0.05) is 17.9 Å². The smallest absolute Gasteiger partial charge is 0.354 e. The van der Waals surface area contributed by atoms with E-state index in [4.69, 9.17) is 0 Å². The van der Waals surface area contributed by atoms with Crippen molar-refractivity contribution < 1.29 is 13.2 Å². The van der Waals surface area contributed by atoms with Crippen LogP contribution in [0.3, 0.4) is 0 Å². The van der Waals surface area contributed by atoms with Crippen LogP contribution in [0.25, 0.3) is 0 Å². The van der Waals surface area contributed by atoms with Crippen molar-refractivity contribution in [3.05, 3.63) is 52.3 Å². The fourth-order valence-corrected chi connectivity index (χ4v) is 2.95. The Bertz CT molecular complexity index is 932. The summed E-state index contributed by atoms with van der Waals surface area (Å²) in [7, 11) is 3.58. The highest BCUT2D eigenvalue weighted by atomic mass is 19.4. The van der Waals surface area contributed by atoms with Crippen molar-refractivity contribution in [3.8, 4) is 11.8 Å². The van der Waals surface area contributed by atoms with Gasteiger partial charge in [-0.15, -0.1) is 0 Å². The molecule has 0 saturated carbocycles. The molecule has 1 unspecified atom stereocenters. The first kappa shape index (κ1) is 22.3. The van der Waals surface area contributed by atoms with E-state index in [9.17, 15) is 13.2 Å². The molecule has 2 aromatic rings. The van der Waals surface area contributed by atoms with Crippen LogP contribution in [-0.2, 0) is 19.6 Å². The summed E-state index contributed by atoms with van der Waals surface area (Å²) in [5.41, 5.74) is 2.96. The number of halogens is 3. The van der Waals surface area contributed by atoms with Crippen molar-refractivity contribution in [2.45, 2.75) is 39.4 Å². The first-order valence-corrected chi connectivity index (χ1v) is 9.24. The number of aliphatic imine (C=N–C) groups is 1. The highest BCUT2D eigenvalue weighted by Crippen LogP contribution is 2.29. The zero-order chi connectivity index (χ0) is 21.6. The highest BCUT2D eigenvalue weighted by Gasteiger charge is 2.30. The lowest BCUT2D eigenvalue weighted by molar-refractivity contribution is -0.137. The van der Waals surface area contributed by atoms with E-state index in [0.717, 1.165) is 29.9 Å². The fourth-order valence-electron chi connectivity index (χ4n) is 2.95. The largest absolute Gasteiger partial charge is 0.416 e. The minimum atomic E-state index is -4.37. The van der Waals surface area contributed by atoms with Gasteiger partial charge in [0.15, 0.2) is 5.96 Å². The molecule has 0 radical (unpaired) electrons. The molecule has 0 spiro atoms. The summed E-state index contributed by atoms with van der Waals surface area (Å²) in [6.07, 6.45) is -3.58. The summed E-state index contributed by atoms with van der Waals surface area (Å²) in [5.74, 6) is 6.15. The van der Waals surface area contributed by atoms with Crippen LogP contribution in [0.15, 0.2) is 29.3 Å². The van der Waals surface area contributed by atoms with Crippen LogP contribution in [0.1, 0.15) is 35.0 Å². The highest BCUT2D eigenvalue weighted by molar-refractivity contribution is 5.80. The van der Waals surface area contributed by atoms with Gasteiger partial charge in [-0.3, -0.25) is 9.67 Å². The molecule has 5 nitrogen and oxygen atoms in total. The van der Waals surface area contributed by atoms with E-state index >= 15 is 0 Å². The molecule has 0 aliphatic rings. The molecule has 0 aliphatic carbocycles. The molecule has 2 N–H and O–H groups in total. The number of aryl methyl sites for hydroxylation is 2. The van der Waals surface area contributed by atoms with Gasteiger partial charge < -0.3 is 10.6 Å². The van der Waals surface area contributed by atoms with Crippen molar-refractivity contribution in [2.75, 3.05) is 13.6 Å². The van der Waals surface area contributed by atoms with Crippen molar-refractivity contribution in [3.63, 3.8) is 0 Å². The SMILES string of the molecule is CN=C(NCC#Cc1cccc(C(F)(F)F)c1)NC(C)Cc1c(C)nn(C)c1C. The van der Waals surface area contributed by atoms with Gasteiger partial charge >= 0.3 is 6.18 Å². The molecule has 8 heteroatoms. The van der Waals surface area contributed by atoms with Crippen LogP contribution in [0.4, 0.5) is 13.2 Å². The van der Waals surface area contributed by atoms with Crippen molar-refractivity contribution in [1.82, 2.24) is 20.4 Å². The molecule has 1 aromatic carbocycles. The molecule has 0 bridgehead atoms. The van der Waals surface area contributed by atoms with Crippen molar-refractivity contribution >= 4 is 5.96 Å². The predicted octanol–water partition coefficient (Wildman–Crippen LogP) is 3.20. The van der Waals surface area contributed by atoms with Crippen LogP contribution in [-0.4, -0.2) is 35.4 Å². The maximum Gasteiger partial charge on any atom is 0.416 e. The topological polar surface area (TPSA) is 54.2 Å². The van der Waals surface area contributed by atoms with Gasteiger partial charge in [0.2, 0.25) is 0 Å². The molecule has 1 heterocycles. The lowest BCUT2D eigenvalue weighted by atomic mass is 10.1. The van der Waals surface area contributed by atoms with E-state index in [1.165, 1.54) is 11.6 Å². The predicted molar refractivity (Wildman–Crippen MR) is 109 cm³/mol. The molecule has 0 amide bonds. The number of nitrogens with one attached hydrogen (secondary N) is 2. The molecular weight excluding hydrogens is 379 g/mol. The molecule has 0 aliphatic heterocycles. The van der Waals surface area contributed by atoms with E-state index in [1.54, 1.807) is 13.1 Å². The molecule has 0 saturated heterocycles. The average Bonchev–Trinajstić information content (AvgIpc) is 2.89. The van der Waals surface area contributed by atoms with E-state index in [2.05, 4.69) is 32.6 Å². The first-order valence-electron chi connectivity index (χ1n) is 9.24. The van der Waals surface area contributed by atoms with Gasteiger partial charge in [0.25, 0.3) is 0 Å². The Morgan fingerprint density at radius 1 is 1.31 bits per heavy atom. The van der Waals surface area contributed by atoms with Crippen LogP contribution in [0.5, 0.6) is 0 Å². The number of aromatic nitrogens is 2. The van der Waals surface area contributed by atoms with Gasteiger partial charge in [0, 0.05) is 31.4 Å². The number of hydrogen-bond acceptors (Lipinski definition) is 2. The Morgan fingerprint density at radius 3 is 2.62 bits per heavy atom. The molecular formula is C21H26F3N5. The Balaban J connectivity index is 1.91. The third-order valence-electron chi connectivity index (χ3n) is 4.54. The summed E-state index contributed by atoms with van der Waals surface area (Å²) in [4.78, 5) is 4.17. The van der Waals surface area contributed by atoms with Crippen LogP contribution in [0.2, 0.25) is 0 Å². The number of hydrogen-bond donors (Lipinski definition) is 2. The summed E-state index contributed by atoms with van der Waals surface area (Å²) in [5, 5.41) is 10.8. The van der Waals surface area contributed by atoms with Crippen LogP contribution < -0.4 is 10.6 Å². The second-order valence-corrected chi connectivity index (χ2v) is 6.83. The average molecular weight is 405 g/mol. The number of nitrogens with zero attached hydrogens (tertiary/aromatic N) is 3. The molecule has 29 heavy (non-hydrogen) atoms. The Kier molecular flexibility index (Phi) is 7.32. The summed E-state index contributed by atoms with van der Waals surface area (Å²) in [6.45, 7) is 6.34. The molecule has 2 rings (SSSR count). The monoisotopic (exact) mass is 405 g/mol. The maximum atomic E-state index is 12.7. The van der Waals surface area contributed by atoms with E-state index in [1.807, 2.05) is 32.5 Å². The van der Waals surface area contributed by atoms with Gasteiger partial charge in [-0.05, 0) is 51.0 Å². The lowest BCUT2D eigenvalue weighted by Crippen LogP contribution is -2.43. The van der Waals surface area contributed by atoms with Crippen molar-refractivity contribution in [1.29, 1.82) is 0 Å². The zero-order valence-electron chi connectivity index (χ0n) is 17.3. The normalized spacial score (nSPS) is 12.9. The van der Waals surface area contributed by atoms with Gasteiger partial charge in [0.05, 0.1) is 17.8 Å². The number of guanidine groups is 1. The fraction of sp³-hybridized carbons (Fsp3) is 0.429. The minimum absolute atomic E-state index is 0.110. The van der Waals surface area contributed by atoms with E-state index in [-0.39, 0.29) is 12.6 Å². The minimum Gasteiger partial charge on any atom is -0.354 e. The molecule has 0 fully saturated rings. The second-order valence-electron chi connectivity index (χ2n) is 6.83. The first-order chi connectivity index (χ1) is 13.6. The number of rotatable bonds is 4. The summed E-state index contributed by atoms with van der Waals surface area (Å²) in [6, 6.07) is 5.09. The summed E-state index contributed by atoms with van der Waals surface area (Å²) >= 11 is 0. The second kappa shape index (κ2) is 9.50. The van der Waals surface area contributed by atoms with Gasteiger partial charge in [0.1, 0.15) is 0 Å². The standard InChI is InChI=1S/C21H26F3N5/c1-14(12-19-15(2)28-29(5)16(19)3)27-20(25-4)26-11-7-9-17-8-6-10-18(13-17)21(22,23)24/h6,8,10,13-14H,11-12H2,1-5H3,(H2,25,26,27). The lowest BCUT2D eigenvalue weighted by Gasteiger charge is -2.17. The number of benzene rings is 1. The Morgan fingerprint density at radius 2 is 2.03 bits per heavy atom. The Hall–Kier alpha value is -2.95. The van der Waals surface area contributed by atoms with Crippen LogP contribution >= 0.6 is 0 Å². The van der Waals surface area contributed by atoms with E-state index in [0.29, 0.717) is 11.5 Å². The quantitative estimate of drug-likeness (QED) is 0.467. The number of alkyl halides is 3.